The molecule has 0 radical (unpaired) electrons. The van der Waals surface area contributed by atoms with Crippen LogP contribution in [0.25, 0.3) is 0 Å². The number of ether oxygens (including phenoxy) is 1. The molecule has 5 nitrogen and oxygen atoms in total. The molecule has 1 aliphatic rings. The smallest absolute Gasteiger partial charge is 0.322 e. The highest BCUT2D eigenvalue weighted by molar-refractivity contribution is 6.31. The van der Waals surface area contributed by atoms with Gasteiger partial charge in [0.05, 0.1) is 11.4 Å². The highest BCUT2D eigenvalue weighted by Gasteiger charge is 2.19. The average Bonchev–Trinajstić information content (AvgIpc) is 2.77. The first-order valence-corrected chi connectivity index (χ1v) is 11.2. The van der Waals surface area contributed by atoms with Gasteiger partial charge in [-0.25, -0.2) is 4.79 Å². The monoisotopic (exact) mass is 429 g/mol. The number of piperidine rings is 1. The normalized spacial score (nSPS) is 13.9. The van der Waals surface area contributed by atoms with Crippen LogP contribution in [-0.4, -0.2) is 44.3 Å². The molecule has 162 valence electrons. The summed E-state index contributed by atoms with van der Waals surface area (Å²) in [5.74, 6) is 0. The van der Waals surface area contributed by atoms with E-state index in [9.17, 15) is 4.79 Å². The van der Waals surface area contributed by atoms with Crippen LogP contribution >= 0.6 is 11.6 Å². The average molecular weight is 430 g/mol. The number of halogens is 1. The van der Waals surface area contributed by atoms with Crippen LogP contribution in [0.3, 0.4) is 0 Å². The second-order valence-electron chi connectivity index (χ2n) is 7.75. The Labute approximate surface area is 185 Å². The van der Waals surface area contributed by atoms with Gasteiger partial charge in [0.1, 0.15) is 0 Å². The Morgan fingerprint density at radius 1 is 1.10 bits per heavy atom. The highest BCUT2D eigenvalue weighted by atomic mass is 35.5. The first-order chi connectivity index (χ1) is 14.7. The molecule has 30 heavy (non-hydrogen) atoms. The Balaban J connectivity index is 1.74. The molecule has 0 aromatic heterocycles. The van der Waals surface area contributed by atoms with Crippen LogP contribution in [0, 0.1) is 0 Å². The fourth-order valence-corrected chi connectivity index (χ4v) is 3.99. The maximum absolute atomic E-state index is 13.2. The third-order valence-corrected chi connectivity index (χ3v) is 5.66. The maximum Gasteiger partial charge on any atom is 0.322 e. The molecule has 1 saturated heterocycles. The SMILES string of the molecule is COCCCCN(Cc1ccccc1)C(=O)Nc1cc(Cl)ccc1N1CCCCC1. The fraction of sp³-hybridized carbons (Fsp3) is 0.458. The van der Waals surface area contributed by atoms with Crippen molar-refractivity contribution in [1.29, 1.82) is 0 Å². The van der Waals surface area contributed by atoms with Crippen LogP contribution < -0.4 is 10.2 Å². The molecule has 1 aliphatic heterocycles. The molecule has 2 aromatic rings. The molecule has 0 atom stereocenters. The molecule has 1 N–H and O–H groups in total. The van der Waals surface area contributed by atoms with Gasteiger partial charge in [-0.2, -0.15) is 0 Å². The number of urea groups is 1. The maximum atomic E-state index is 13.2. The third kappa shape index (κ3) is 6.64. The first kappa shape index (κ1) is 22.4. The van der Waals surface area contributed by atoms with Crippen molar-refractivity contribution in [3.05, 3.63) is 59.1 Å². The lowest BCUT2D eigenvalue weighted by Crippen LogP contribution is -2.36. The van der Waals surface area contributed by atoms with E-state index in [4.69, 9.17) is 16.3 Å². The Kier molecular flexibility index (Phi) is 8.84. The summed E-state index contributed by atoms with van der Waals surface area (Å²) in [5, 5.41) is 3.77. The first-order valence-electron chi connectivity index (χ1n) is 10.8. The molecule has 0 aliphatic carbocycles. The summed E-state index contributed by atoms with van der Waals surface area (Å²) in [5.41, 5.74) is 2.94. The Bertz CT molecular complexity index is 794. The molecule has 0 bridgehead atoms. The lowest BCUT2D eigenvalue weighted by Gasteiger charge is -2.31. The Morgan fingerprint density at radius 2 is 1.87 bits per heavy atom. The number of anilines is 2. The molecule has 6 heteroatoms. The highest BCUT2D eigenvalue weighted by Crippen LogP contribution is 2.31. The molecule has 0 saturated carbocycles. The van der Waals surface area contributed by atoms with Crippen LogP contribution in [0.5, 0.6) is 0 Å². The summed E-state index contributed by atoms with van der Waals surface area (Å²) in [6.07, 6.45) is 5.43. The third-order valence-electron chi connectivity index (χ3n) is 5.43. The van der Waals surface area contributed by atoms with Crippen molar-refractivity contribution in [1.82, 2.24) is 4.90 Å². The van der Waals surface area contributed by atoms with Crippen molar-refractivity contribution < 1.29 is 9.53 Å². The summed E-state index contributed by atoms with van der Waals surface area (Å²) >= 11 is 6.27. The number of methoxy groups -OCH3 is 1. The predicted octanol–water partition coefficient (Wildman–Crippen LogP) is 5.79. The topological polar surface area (TPSA) is 44.8 Å². The number of carbonyl (C=O) groups excluding carboxylic acids is 1. The second kappa shape index (κ2) is 11.8. The van der Waals surface area contributed by atoms with Crippen LogP contribution in [-0.2, 0) is 11.3 Å². The quantitative estimate of drug-likeness (QED) is 0.513. The van der Waals surface area contributed by atoms with Gasteiger partial charge in [-0.05, 0) is 55.9 Å². The zero-order valence-corrected chi connectivity index (χ0v) is 18.5. The number of nitrogens with one attached hydrogen (secondary N) is 1. The van der Waals surface area contributed by atoms with E-state index in [1.54, 1.807) is 7.11 Å². The standard InChI is InChI=1S/C24H32ClN3O2/c1-30-17-9-8-16-28(19-20-10-4-2-5-11-20)24(29)26-22-18-21(25)12-13-23(22)27-14-6-3-7-15-27/h2,4-5,10-13,18H,3,6-9,14-17,19H2,1H3,(H,26,29). The van der Waals surface area contributed by atoms with E-state index in [2.05, 4.69) is 10.2 Å². The number of hydrogen-bond acceptors (Lipinski definition) is 3. The van der Waals surface area contributed by atoms with Crippen LogP contribution in [0.15, 0.2) is 48.5 Å². The zero-order valence-electron chi connectivity index (χ0n) is 17.8. The van der Waals surface area contributed by atoms with Crippen LogP contribution in [0.2, 0.25) is 5.02 Å². The van der Waals surface area contributed by atoms with Gasteiger partial charge < -0.3 is 19.9 Å². The van der Waals surface area contributed by atoms with Gasteiger partial charge in [0.25, 0.3) is 0 Å². The van der Waals surface area contributed by atoms with E-state index >= 15 is 0 Å². The van der Waals surface area contributed by atoms with Gasteiger partial charge in [-0.3, -0.25) is 0 Å². The number of rotatable bonds is 9. The Hall–Kier alpha value is -2.24. The zero-order chi connectivity index (χ0) is 21.2. The minimum atomic E-state index is -0.100. The number of amides is 2. The molecule has 1 heterocycles. The van der Waals surface area contributed by atoms with Gasteiger partial charge in [0.2, 0.25) is 0 Å². The van der Waals surface area contributed by atoms with Gasteiger partial charge >= 0.3 is 6.03 Å². The summed E-state index contributed by atoms with van der Waals surface area (Å²) in [6.45, 7) is 3.96. The summed E-state index contributed by atoms with van der Waals surface area (Å²) in [7, 11) is 1.70. The van der Waals surface area contributed by atoms with E-state index in [0.29, 0.717) is 24.7 Å². The molecule has 2 aromatic carbocycles. The van der Waals surface area contributed by atoms with Crippen molar-refractivity contribution >= 4 is 29.0 Å². The predicted molar refractivity (Wildman–Crippen MR) is 124 cm³/mol. The number of hydrogen-bond donors (Lipinski definition) is 1. The molecule has 3 rings (SSSR count). The van der Waals surface area contributed by atoms with Crippen molar-refractivity contribution in [2.24, 2.45) is 0 Å². The Morgan fingerprint density at radius 3 is 2.60 bits per heavy atom. The minimum Gasteiger partial charge on any atom is -0.385 e. The number of benzene rings is 2. The minimum absolute atomic E-state index is 0.100. The molecular weight excluding hydrogens is 398 g/mol. The molecule has 0 spiro atoms. The van der Waals surface area contributed by atoms with E-state index in [1.165, 1.54) is 19.3 Å². The summed E-state index contributed by atoms with van der Waals surface area (Å²) < 4.78 is 5.15. The largest absolute Gasteiger partial charge is 0.385 e. The summed E-state index contributed by atoms with van der Waals surface area (Å²) in [6, 6.07) is 15.8. The van der Waals surface area contributed by atoms with Crippen molar-refractivity contribution in [2.75, 3.05) is 43.6 Å². The second-order valence-corrected chi connectivity index (χ2v) is 8.18. The number of nitrogens with zero attached hydrogens (tertiary/aromatic N) is 2. The van der Waals surface area contributed by atoms with Crippen molar-refractivity contribution in [3.63, 3.8) is 0 Å². The lowest BCUT2D eigenvalue weighted by atomic mass is 10.1. The van der Waals surface area contributed by atoms with Gasteiger partial charge in [0, 0.05) is 44.9 Å². The van der Waals surface area contributed by atoms with Crippen LogP contribution in [0.4, 0.5) is 16.2 Å². The number of carbonyl (C=O) groups is 1. The molecule has 1 fully saturated rings. The summed E-state index contributed by atoms with van der Waals surface area (Å²) in [4.78, 5) is 17.5. The van der Waals surface area contributed by atoms with Crippen LogP contribution in [0.1, 0.15) is 37.7 Å². The van der Waals surface area contributed by atoms with E-state index in [0.717, 1.165) is 42.9 Å². The molecule has 2 amide bonds. The van der Waals surface area contributed by atoms with Gasteiger partial charge in [-0.1, -0.05) is 41.9 Å². The van der Waals surface area contributed by atoms with E-state index in [-0.39, 0.29) is 6.03 Å². The lowest BCUT2D eigenvalue weighted by molar-refractivity contribution is 0.182. The molecule has 0 unspecified atom stereocenters. The van der Waals surface area contributed by atoms with E-state index in [1.807, 2.05) is 53.4 Å². The fourth-order valence-electron chi connectivity index (χ4n) is 3.82. The van der Waals surface area contributed by atoms with E-state index < -0.39 is 0 Å². The van der Waals surface area contributed by atoms with Crippen molar-refractivity contribution in [2.45, 2.75) is 38.6 Å². The number of unbranched alkanes of at least 4 members (excludes halogenated alkanes) is 1. The van der Waals surface area contributed by atoms with Gasteiger partial charge in [0.15, 0.2) is 0 Å². The van der Waals surface area contributed by atoms with Gasteiger partial charge in [-0.15, -0.1) is 0 Å². The molecular formula is C24H32ClN3O2. The van der Waals surface area contributed by atoms with Crippen molar-refractivity contribution in [3.8, 4) is 0 Å².